The van der Waals surface area contributed by atoms with Crippen LogP contribution in [0.3, 0.4) is 0 Å². The zero-order valence-electron chi connectivity index (χ0n) is 11.1. The molecule has 2 aromatic rings. The quantitative estimate of drug-likeness (QED) is 0.921. The van der Waals surface area contributed by atoms with Crippen LogP contribution in [0, 0.1) is 6.92 Å². The van der Waals surface area contributed by atoms with Gasteiger partial charge in [-0.25, -0.2) is 0 Å². The van der Waals surface area contributed by atoms with Crippen LogP contribution in [0.15, 0.2) is 46.9 Å². The number of aliphatic hydroxyl groups excluding tert-OH is 1. The zero-order valence-corrected chi connectivity index (χ0v) is 12.6. The van der Waals surface area contributed by atoms with E-state index in [0.717, 1.165) is 26.9 Å². The molecule has 3 heteroatoms. The van der Waals surface area contributed by atoms with Crippen molar-refractivity contribution in [3.05, 3.63) is 63.6 Å². The molecule has 0 aliphatic rings. The monoisotopic (exact) mass is 320 g/mol. The molecule has 0 amide bonds. The van der Waals surface area contributed by atoms with Crippen molar-refractivity contribution in [2.75, 3.05) is 7.11 Å². The van der Waals surface area contributed by atoms with E-state index in [1.807, 2.05) is 49.4 Å². The third-order valence-electron chi connectivity index (χ3n) is 3.21. The van der Waals surface area contributed by atoms with Gasteiger partial charge in [-0.3, -0.25) is 0 Å². The number of methoxy groups -OCH3 is 1. The van der Waals surface area contributed by atoms with Crippen molar-refractivity contribution in [3.63, 3.8) is 0 Å². The number of ether oxygens (including phenoxy) is 1. The second-order valence-electron chi connectivity index (χ2n) is 4.53. The van der Waals surface area contributed by atoms with Gasteiger partial charge in [-0.1, -0.05) is 40.2 Å². The number of aliphatic hydroxyl groups is 1. The third kappa shape index (κ3) is 3.37. The predicted octanol–water partition coefficient (Wildman–Crippen LogP) is 4.04. The summed E-state index contributed by atoms with van der Waals surface area (Å²) in [6.07, 6.45) is 0.0485. The number of benzene rings is 2. The van der Waals surface area contributed by atoms with Crippen molar-refractivity contribution in [2.24, 2.45) is 0 Å². The number of aryl methyl sites for hydroxylation is 1. The first-order valence-corrected chi connectivity index (χ1v) is 6.97. The van der Waals surface area contributed by atoms with Crippen LogP contribution in [0.1, 0.15) is 22.8 Å². The maximum absolute atomic E-state index is 10.4. The van der Waals surface area contributed by atoms with Crippen molar-refractivity contribution >= 4 is 15.9 Å². The van der Waals surface area contributed by atoms with Gasteiger partial charge < -0.3 is 9.84 Å². The Bertz CT molecular complexity index is 566. The van der Waals surface area contributed by atoms with E-state index < -0.39 is 6.10 Å². The van der Waals surface area contributed by atoms with Crippen LogP contribution in [-0.4, -0.2) is 12.2 Å². The van der Waals surface area contributed by atoms with Gasteiger partial charge in [-0.15, -0.1) is 0 Å². The highest BCUT2D eigenvalue weighted by Crippen LogP contribution is 2.28. The lowest BCUT2D eigenvalue weighted by atomic mass is 9.98. The minimum absolute atomic E-state index is 0.510. The van der Waals surface area contributed by atoms with Crippen molar-refractivity contribution < 1.29 is 9.84 Å². The summed E-state index contributed by atoms with van der Waals surface area (Å²) in [6, 6.07) is 13.7. The highest BCUT2D eigenvalue weighted by Gasteiger charge is 2.13. The topological polar surface area (TPSA) is 29.5 Å². The molecule has 2 rings (SSSR count). The van der Waals surface area contributed by atoms with Gasteiger partial charge in [0.05, 0.1) is 13.2 Å². The fraction of sp³-hybridized carbons (Fsp3) is 0.250. The van der Waals surface area contributed by atoms with Crippen LogP contribution in [-0.2, 0) is 6.42 Å². The molecule has 0 bridgehead atoms. The predicted molar refractivity (Wildman–Crippen MR) is 80.5 cm³/mol. The Hall–Kier alpha value is -1.32. The third-order valence-corrected chi connectivity index (χ3v) is 3.99. The Kier molecular flexibility index (Phi) is 4.61. The Morgan fingerprint density at radius 3 is 2.63 bits per heavy atom. The SMILES string of the molecule is COc1ccc(Br)c(CC(O)c2ccccc2C)c1. The van der Waals surface area contributed by atoms with E-state index in [1.54, 1.807) is 7.11 Å². The number of rotatable bonds is 4. The van der Waals surface area contributed by atoms with E-state index >= 15 is 0 Å². The van der Waals surface area contributed by atoms with Gasteiger partial charge in [0, 0.05) is 10.9 Å². The molecule has 2 nitrogen and oxygen atoms in total. The molecule has 2 aromatic carbocycles. The van der Waals surface area contributed by atoms with Gasteiger partial charge >= 0.3 is 0 Å². The smallest absolute Gasteiger partial charge is 0.119 e. The summed E-state index contributed by atoms with van der Waals surface area (Å²) in [6.45, 7) is 2.01. The number of hydrogen-bond acceptors (Lipinski definition) is 2. The second kappa shape index (κ2) is 6.22. The molecule has 0 aromatic heterocycles. The molecule has 0 fully saturated rings. The van der Waals surface area contributed by atoms with Gasteiger partial charge in [0.2, 0.25) is 0 Å². The molecule has 0 saturated carbocycles. The Balaban J connectivity index is 2.24. The van der Waals surface area contributed by atoms with Gasteiger partial charge in [0.15, 0.2) is 0 Å². The van der Waals surface area contributed by atoms with Crippen LogP contribution in [0.2, 0.25) is 0 Å². The van der Waals surface area contributed by atoms with E-state index in [2.05, 4.69) is 15.9 Å². The lowest BCUT2D eigenvalue weighted by molar-refractivity contribution is 0.177. The van der Waals surface area contributed by atoms with Crippen LogP contribution in [0.4, 0.5) is 0 Å². The van der Waals surface area contributed by atoms with Gasteiger partial charge in [-0.2, -0.15) is 0 Å². The second-order valence-corrected chi connectivity index (χ2v) is 5.39. The molecule has 0 saturated heterocycles. The molecular weight excluding hydrogens is 304 g/mol. The molecule has 0 spiro atoms. The lowest BCUT2D eigenvalue weighted by Gasteiger charge is -2.15. The van der Waals surface area contributed by atoms with Crippen LogP contribution in [0.5, 0.6) is 5.75 Å². The van der Waals surface area contributed by atoms with Crippen molar-refractivity contribution in [3.8, 4) is 5.75 Å². The largest absolute Gasteiger partial charge is 0.497 e. The van der Waals surface area contributed by atoms with Crippen LogP contribution in [0.25, 0.3) is 0 Å². The van der Waals surface area contributed by atoms with Crippen molar-refractivity contribution in [2.45, 2.75) is 19.4 Å². The summed E-state index contributed by atoms with van der Waals surface area (Å²) < 4.78 is 6.21. The van der Waals surface area contributed by atoms with E-state index in [4.69, 9.17) is 4.74 Å². The van der Waals surface area contributed by atoms with Crippen molar-refractivity contribution in [1.82, 2.24) is 0 Å². The van der Waals surface area contributed by atoms with E-state index in [1.165, 1.54) is 0 Å². The molecule has 1 N–H and O–H groups in total. The number of halogens is 1. The molecule has 19 heavy (non-hydrogen) atoms. The standard InChI is InChI=1S/C16H17BrO2/c1-11-5-3-4-6-14(11)16(18)10-12-9-13(19-2)7-8-15(12)17/h3-9,16,18H,10H2,1-2H3. The molecule has 0 aliphatic carbocycles. The average molecular weight is 321 g/mol. The molecular formula is C16H17BrO2. The molecule has 1 unspecified atom stereocenters. The zero-order chi connectivity index (χ0) is 13.8. The first-order chi connectivity index (χ1) is 9.11. The maximum atomic E-state index is 10.4. The summed E-state index contributed by atoms with van der Waals surface area (Å²) in [5.74, 6) is 0.801. The number of hydrogen-bond donors (Lipinski definition) is 1. The Morgan fingerprint density at radius 1 is 1.21 bits per heavy atom. The first-order valence-electron chi connectivity index (χ1n) is 6.18. The molecule has 0 heterocycles. The van der Waals surface area contributed by atoms with Crippen LogP contribution < -0.4 is 4.74 Å². The fourth-order valence-corrected chi connectivity index (χ4v) is 2.52. The fourth-order valence-electron chi connectivity index (χ4n) is 2.11. The first kappa shape index (κ1) is 14.1. The Morgan fingerprint density at radius 2 is 1.95 bits per heavy atom. The summed E-state index contributed by atoms with van der Waals surface area (Å²) in [5, 5.41) is 10.4. The highest BCUT2D eigenvalue weighted by atomic mass is 79.9. The lowest BCUT2D eigenvalue weighted by Crippen LogP contribution is -2.04. The van der Waals surface area contributed by atoms with E-state index in [0.29, 0.717) is 6.42 Å². The average Bonchev–Trinajstić information content (AvgIpc) is 2.41. The molecule has 0 radical (unpaired) electrons. The molecule has 1 atom stereocenters. The highest BCUT2D eigenvalue weighted by molar-refractivity contribution is 9.10. The Labute approximate surface area is 122 Å². The van der Waals surface area contributed by atoms with Gasteiger partial charge in [-0.05, 0) is 41.8 Å². The summed E-state index contributed by atoms with van der Waals surface area (Å²) in [4.78, 5) is 0. The minimum Gasteiger partial charge on any atom is -0.497 e. The van der Waals surface area contributed by atoms with Crippen molar-refractivity contribution in [1.29, 1.82) is 0 Å². The summed E-state index contributed by atoms with van der Waals surface area (Å²) in [7, 11) is 1.64. The summed E-state index contributed by atoms with van der Waals surface area (Å²) >= 11 is 3.51. The minimum atomic E-state index is -0.510. The van der Waals surface area contributed by atoms with Crippen LogP contribution >= 0.6 is 15.9 Å². The van der Waals surface area contributed by atoms with E-state index in [-0.39, 0.29) is 0 Å². The van der Waals surface area contributed by atoms with Gasteiger partial charge in [0.25, 0.3) is 0 Å². The maximum Gasteiger partial charge on any atom is 0.119 e. The van der Waals surface area contributed by atoms with Gasteiger partial charge in [0.1, 0.15) is 5.75 Å². The molecule has 100 valence electrons. The molecule has 0 aliphatic heterocycles. The normalized spacial score (nSPS) is 12.2. The van der Waals surface area contributed by atoms with E-state index in [9.17, 15) is 5.11 Å². The summed E-state index contributed by atoms with van der Waals surface area (Å²) in [5.41, 5.74) is 3.11.